The first kappa shape index (κ1) is 9.92. The number of rotatable bonds is 2. The van der Waals surface area contributed by atoms with Crippen molar-refractivity contribution in [1.29, 1.82) is 0 Å². The maximum absolute atomic E-state index is 13.0. The van der Waals surface area contributed by atoms with Crippen LogP contribution in [-0.4, -0.2) is 25.5 Å². The summed E-state index contributed by atoms with van der Waals surface area (Å²) in [4.78, 5) is 13.1. The quantitative estimate of drug-likeness (QED) is 0.747. The van der Waals surface area contributed by atoms with Crippen molar-refractivity contribution >= 4 is 17.3 Å². The Kier molecular flexibility index (Phi) is 2.55. The average molecular weight is 209 g/mol. The number of nitrogens with two attached hydrogens (primary N) is 1. The smallest absolute Gasteiger partial charge is 0.243 e. The Labute approximate surface area is 86.9 Å². The van der Waals surface area contributed by atoms with Crippen molar-refractivity contribution < 1.29 is 9.18 Å². The Morgan fingerprint density at radius 3 is 3.07 bits per heavy atom. The van der Waals surface area contributed by atoms with Gasteiger partial charge in [-0.25, -0.2) is 4.39 Å². The highest BCUT2D eigenvalue weighted by atomic mass is 19.1. The molecular weight excluding hydrogens is 197 g/mol. The molecule has 0 atom stereocenters. The summed E-state index contributed by atoms with van der Waals surface area (Å²) in [5.74, 6) is -0.408. The molecular formula is C10H12FN3O. The third kappa shape index (κ3) is 1.92. The number of carbonyl (C=O) groups excluding carboxylic acids is 1. The molecule has 1 aliphatic rings. The van der Waals surface area contributed by atoms with E-state index in [0.29, 0.717) is 24.5 Å². The normalized spacial score (nSPS) is 14.8. The number of amides is 1. The fourth-order valence-electron chi connectivity index (χ4n) is 1.68. The molecule has 4 nitrogen and oxygen atoms in total. The number of fused-ring (bicyclic) bond motifs is 1. The second kappa shape index (κ2) is 3.86. The lowest BCUT2D eigenvalue weighted by Crippen LogP contribution is -2.40. The van der Waals surface area contributed by atoms with E-state index in [1.165, 1.54) is 12.1 Å². The van der Waals surface area contributed by atoms with Gasteiger partial charge in [0.15, 0.2) is 0 Å². The molecule has 0 aromatic heterocycles. The van der Waals surface area contributed by atoms with Crippen molar-refractivity contribution in [2.45, 2.75) is 0 Å². The Morgan fingerprint density at radius 1 is 1.53 bits per heavy atom. The lowest BCUT2D eigenvalue weighted by molar-refractivity contribution is -0.115. The Morgan fingerprint density at radius 2 is 2.33 bits per heavy atom. The number of anilines is 2. The molecule has 0 saturated carbocycles. The van der Waals surface area contributed by atoms with Crippen LogP contribution in [0.15, 0.2) is 18.2 Å². The summed E-state index contributed by atoms with van der Waals surface area (Å²) < 4.78 is 13.0. The van der Waals surface area contributed by atoms with E-state index in [9.17, 15) is 9.18 Å². The van der Waals surface area contributed by atoms with Gasteiger partial charge in [0.25, 0.3) is 0 Å². The summed E-state index contributed by atoms with van der Waals surface area (Å²) in [6, 6.07) is 4.29. The minimum absolute atomic E-state index is 0.0949. The largest absolute Gasteiger partial charge is 0.359 e. The molecule has 15 heavy (non-hydrogen) atoms. The maximum atomic E-state index is 13.0. The summed E-state index contributed by atoms with van der Waals surface area (Å²) in [6.45, 7) is 1.21. The molecule has 1 amide bonds. The van der Waals surface area contributed by atoms with Crippen molar-refractivity contribution in [3.63, 3.8) is 0 Å². The number of hydrogen-bond acceptors (Lipinski definition) is 3. The summed E-state index contributed by atoms with van der Waals surface area (Å²) in [5.41, 5.74) is 6.77. The molecule has 5 heteroatoms. The van der Waals surface area contributed by atoms with E-state index in [1.54, 1.807) is 11.0 Å². The molecule has 0 bridgehead atoms. The predicted octanol–water partition coefficient (Wildman–Crippen LogP) is 0.543. The van der Waals surface area contributed by atoms with Crippen molar-refractivity contribution in [3.05, 3.63) is 24.0 Å². The van der Waals surface area contributed by atoms with Gasteiger partial charge in [0.1, 0.15) is 5.82 Å². The molecule has 0 spiro atoms. The highest BCUT2D eigenvalue weighted by Gasteiger charge is 2.21. The first-order chi connectivity index (χ1) is 7.20. The molecule has 1 aromatic rings. The van der Waals surface area contributed by atoms with Crippen LogP contribution in [0.4, 0.5) is 15.8 Å². The molecule has 0 aliphatic carbocycles. The van der Waals surface area contributed by atoms with Gasteiger partial charge in [-0.2, -0.15) is 0 Å². The highest BCUT2D eigenvalue weighted by molar-refractivity contribution is 6.01. The van der Waals surface area contributed by atoms with Crippen molar-refractivity contribution in [1.82, 2.24) is 0 Å². The SMILES string of the molecule is NCCN1CC(=O)Nc2ccc(F)cc21. The number of nitrogens with one attached hydrogen (secondary N) is 1. The minimum atomic E-state index is -0.313. The number of halogens is 1. The molecule has 0 radical (unpaired) electrons. The third-order valence-electron chi connectivity index (χ3n) is 2.31. The topological polar surface area (TPSA) is 58.4 Å². The molecule has 2 rings (SSSR count). The van der Waals surface area contributed by atoms with Crippen LogP contribution < -0.4 is 16.0 Å². The van der Waals surface area contributed by atoms with Gasteiger partial charge < -0.3 is 16.0 Å². The molecule has 1 heterocycles. The molecule has 0 unspecified atom stereocenters. The number of nitrogens with zero attached hydrogens (tertiary/aromatic N) is 1. The number of carbonyl (C=O) groups is 1. The molecule has 0 saturated heterocycles. The lowest BCUT2D eigenvalue weighted by Gasteiger charge is -2.30. The summed E-state index contributed by atoms with van der Waals surface area (Å²) in [5, 5.41) is 2.69. The first-order valence-electron chi connectivity index (χ1n) is 4.75. The van der Waals surface area contributed by atoms with Crippen LogP contribution in [0.1, 0.15) is 0 Å². The van der Waals surface area contributed by atoms with Crippen LogP contribution in [-0.2, 0) is 4.79 Å². The lowest BCUT2D eigenvalue weighted by atomic mass is 10.2. The Bertz CT molecular complexity index is 394. The number of hydrogen-bond donors (Lipinski definition) is 2. The van der Waals surface area contributed by atoms with Crippen LogP contribution in [0.25, 0.3) is 0 Å². The molecule has 0 fully saturated rings. The highest BCUT2D eigenvalue weighted by Crippen LogP contribution is 2.29. The zero-order valence-electron chi connectivity index (χ0n) is 8.16. The summed E-state index contributed by atoms with van der Waals surface area (Å²) in [6.07, 6.45) is 0. The van der Waals surface area contributed by atoms with Gasteiger partial charge in [0.05, 0.1) is 17.9 Å². The summed E-state index contributed by atoms with van der Waals surface area (Å²) in [7, 11) is 0. The monoisotopic (exact) mass is 209 g/mol. The van der Waals surface area contributed by atoms with Gasteiger partial charge in [-0.3, -0.25) is 4.79 Å². The van der Waals surface area contributed by atoms with Gasteiger partial charge in [0.2, 0.25) is 5.91 Å². The van der Waals surface area contributed by atoms with E-state index in [-0.39, 0.29) is 18.3 Å². The van der Waals surface area contributed by atoms with Crippen molar-refractivity contribution in [3.8, 4) is 0 Å². The summed E-state index contributed by atoms with van der Waals surface area (Å²) >= 11 is 0. The van der Waals surface area contributed by atoms with Crippen molar-refractivity contribution in [2.24, 2.45) is 5.73 Å². The molecule has 1 aromatic carbocycles. The van der Waals surface area contributed by atoms with E-state index < -0.39 is 0 Å². The second-order valence-electron chi connectivity index (χ2n) is 3.42. The van der Waals surface area contributed by atoms with E-state index in [1.807, 2.05) is 0 Å². The van der Waals surface area contributed by atoms with Crippen LogP contribution in [0.2, 0.25) is 0 Å². The fraction of sp³-hybridized carbons (Fsp3) is 0.300. The van der Waals surface area contributed by atoms with E-state index in [0.717, 1.165) is 0 Å². The Hall–Kier alpha value is -1.62. The zero-order chi connectivity index (χ0) is 10.8. The van der Waals surface area contributed by atoms with Gasteiger partial charge in [-0.1, -0.05) is 0 Å². The van der Waals surface area contributed by atoms with Gasteiger partial charge in [-0.05, 0) is 18.2 Å². The average Bonchev–Trinajstić information content (AvgIpc) is 2.19. The zero-order valence-corrected chi connectivity index (χ0v) is 8.16. The molecule has 3 N–H and O–H groups in total. The van der Waals surface area contributed by atoms with Crippen LogP contribution >= 0.6 is 0 Å². The Balaban J connectivity index is 2.38. The molecule has 1 aliphatic heterocycles. The van der Waals surface area contributed by atoms with E-state index >= 15 is 0 Å². The minimum Gasteiger partial charge on any atom is -0.359 e. The standard InChI is InChI=1S/C10H12FN3O/c11-7-1-2-8-9(5-7)14(4-3-12)6-10(15)13-8/h1-2,5H,3-4,6,12H2,(H,13,15). The number of benzene rings is 1. The van der Waals surface area contributed by atoms with Crippen LogP contribution in [0.3, 0.4) is 0 Å². The van der Waals surface area contributed by atoms with Crippen molar-refractivity contribution in [2.75, 3.05) is 29.9 Å². The first-order valence-corrected chi connectivity index (χ1v) is 4.75. The van der Waals surface area contributed by atoms with Gasteiger partial charge in [-0.15, -0.1) is 0 Å². The van der Waals surface area contributed by atoms with E-state index in [2.05, 4.69) is 5.32 Å². The third-order valence-corrected chi connectivity index (χ3v) is 2.31. The predicted molar refractivity (Wildman–Crippen MR) is 56.3 cm³/mol. The molecule has 80 valence electrons. The second-order valence-corrected chi connectivity index (χ2v) is 3.42. The fourth-order valence-corrected chi connectivity index (χ4v) is 1.68. The van der Waals surface area contributed by atoms with Crippen LogP contribution in [0, 0.1) is 5.82 Å². The van der Waals surface area contributed by atoms with Crippen LogP contribution in [0.5, 0.6) is 0 Å². The van der Waals surface area contributed by atoms with Gasteiger partial charge in [0, 0.05) is 13.1 Å². The maximum Gasteiger partial charge on any atom is 0.243 e. The van der Waals surface area contributed by atoms with E-state index in [4.69, 9.17) is 5.73 Å². The van der Waals surface area contributed by atoms with Gasteiger partial charge >= 0.3 is 0 Å².